The van der Waals surface area contributed by atoms with Gasteiger partial charge in [0.2, 0.25) is 0 Å². The van der Waals surface area contributed by atoms with E-state index in [2.05, 4.69) is 0 Å². The van der Waals surface area contributed by atoms with Crippen molar-refractivity contribution in [1.82, 2.24) is 0 Å². The van der Waals surface area contributed by atoms with Crippen LogP contribution in [0.3, 0.4) is 0 Å². The van der Waals surface area contributed by atoms with Gasteiger partial charge in [0.15, 0.2) is 5.78 Å². The molecule has 0 heterocycles. The lowest BCUT2D eigenvalue weighted by atomic mass is 10.0. The molecule has 0 saturated heterocycles. The number of aliphatic carboxylic acids is 1. The van der Waals surface area contributed by atoms with E-state index < -0.39 is 5.97 Å². The van der Waals surface area contributed by atoms with Gasteiger partial charge in [-0.15, -0.1) is 0 Å². The summed E-state index contributed by atoms with van der Waals surface area (Å²) in [6.45, 7) is 3.82. The van der Waals surface area contributed by atoms with Crippen LogP contribution in [0.15, 0.2) is 11.1 Å². The first-order valence-corrected chi connectivity index (χ1v) is 4.99. The highest BCUT2D eigenvalue weighted by Crippen LogP contribution is 2.12. The highest BCUT2D eigenvalue weighted by Gasteiger charge is 2.14. The number of rotatable bonds is 7. The molecule has 0 bridgehead atoms. The molecule has 0 aliphatic rings. The normalized spacial score (nSPS) is 12.2. The van der Waals surface area contributed by atoms with Crippen LogP contribution >= 0.6 is 0 Å². The molecule has 0 aromatic heterocycles. The summed E-state index contributed by atoms with van der Waals surface area (Å²) in [5.74, 6) is -1.11. The van der Waals surface area contributed by atoms with Crippen LogP contribution < -0.4 is 0 Å². The van der Waals surface area contributed by atoms with E-state index in [1.165, 1.54) is 0 Å². The summed E-state index contributed by atoms with van der Waals surface area (Å²) in [5.41, 5.74) is 0.568. The summed E-state index contributed by atoms with van der Waals surface area (Å²) in [5, 5.41) is 8.83. The molecule has 0 fully saturated rings. The molecular weight excluding hydrogens is 196 g/mol. The smallest absolute Gasteiger partial charge is 0.331 e. The van der Waals surface area contributed by atoms with Gasteiger partial charge < -0.3 is 9.84 Å². The van der Waals surface area contributed by atoms with E-state index in [-0.39, 0.29) is 11.4 Å². The fourth-order valence-electron chi connectivity index (χ4n) is 1.31. The summed E-state index contributed by atoms with van der Waals surface area (Å²) in [4.78, 5) is 22.3. The van der Waals surface area contributed by atoms with E-state index in [9.17, 15) is 9.59 Å². The SMILES string of the molecule is CCC(C(=O)O)=C(C)C(=O)CCCOC. The maximum absolute atomic E-state index is 11.5. The summed E-state index contributed by atoms with van der Waals surface area (Å²) in [6, 6.07) is 0. The third-order valence-corrected chi connectivity index (χ3v) is 2.23. The van der Waals surface area contributed by atoms with Crippen LogP contribution in [0.4, 0.5) is 0 Å². The minimum Gasteiger partial charge on any atom is -0.478 e. The zero-order valence-corrected chi connectivity index (χ0v) is 9.50. The Hall–Kier alpha value is -1.16. The predicted octanol–water partition coefficient (Wildman–Crippen LogP) is 1.79. The fraction of sp³-hybridized carbons (Fsp3) is 0.636. The number of methoxy groups -OCH3 is 1. The Bertz CT molecular complexity index is 266. The molecule has 86 valence electrons. The third kappa shape index (κ3) is 4.74. The van der Waals surface area contributed by atoms with E-state index in [4.69, 9.17) is 9.84 Å². The van der Waals surface area contributed by atoms with Gasteiger partial charge in [-0.3, -0.25) is 4.79 Å². The van der Waals surface area contributed by atoms with Crippen LogP contribution in [-0.2, 0) is 14.3 Å². The Kier molecular flexibility index (Phi) is 6.62. The van der Waals surface area contributed by atoms with Crippen molar-refractivity contribution in [2.45, 2.75) is 33.1 Å². The van der Waals surface area contributed by atoms with E-state index in [0.29, 0.717) is 31.4 Å². The van der Waals surface area contributed by atoms with Gasteiger partial charge in [-0.05, 0) is 19.8 Å². The maximum atomic E-state index is 11.5. The van der Waals surface area contributed by atoms with Gasteiger partial charge in [-0.2, -0.15) is 0 Å². The molecule has 0 aliphatic carbocycles. The van der Waals surface area contributed by atoms with Crippen LogP contribution in [0, 0.1) is 0 Å². The van der Waals surface area contributed by atoms with Gasteiger partial charge in [0.05, 0.1) is 0 Å². The van der Waals surface area contributed by atoms with Gasteiger partial charge in [-0.25, -0.2) is 4.79 Å². The molecule has 0 saturated carbocycles. The lowest BCUT2D eigenvalue weighted by molar-refractivity contribution is -0.133. The molecule has 0 aliphatic heterocycles. The highest BCUT2D eigenvalue weighted by atomic mass is 16.5. The summed E-state index contributed by atoms with van der Waals surface area (Å²) in [6.07, 6.45) is 1.34. The van der Waals surface area contributed by atoms with Gasteiger partial charge >= 0.3 is 5.97 Å². The van der Waals surface area contributed by atoms with E-state index in [0.717, 1.165) is 0 Å². The van der Waals surface area contributed by atoms with Gasteiger partial charge in [-0.1, -0.05) is 6.92 Å². The zero-order valence-electron chi connectivity index (χ0n) is 9.50. The topological polar surface area (TPSA) is 63.6 Å². The first-order chi connectivity index (χ1) is 7.04. The Morgan fingerprint density at radius 1 is 1.33 bits per heavy atom. The van der Waals surface area contributed by atoms with Gasteiger partial charge in [0.25, 0.3) is 0 Å². The first-order valence-electron chi connectivity index (χ1n) is 4.99. The predicted molar refractivity (Wildman–Crippen MR) is 56.7 cm³/mol. The van der Waals surface area contributed by atoms with Crippen LogP contribution in [0.5, 0.6) is 0 Å². The zero-order chi connectivity index (χ0) is 11.8. The fourth-order valence-corrected chi connectivity index (χ4v) is 1.31. The average Bonchev–Trinajstić information content (AvgIpc) is 2.18. The van der Waals surface area contributed by atoms with Crippen LogP contribution in [0.25, 0.3) is 0 Å². The summed E-state index contributed by atoms with van der Waals surface area (Å²) in [7, 11) is 1.57. The number of carboxylic acid groups (broad SMARTS) is 1. The Morgan fingerprint density at radius 3 is 2.33 bits per heavy atom. The monoisotopic (exact) mass is 214 g/mol. The molecule has 15 heavy (non-hydrogen) atoms. The maximum Gasteiger partial charge on any atom is 0.331 e. The number of Topliss-reactive ketones (excluding diaryl/α,β-unsaturated/α-hetero) is 1. The van der Waals surface area contributed by atoms with Gasteiger partial charge in [0, 0.05) is 31.3 Å². The molecule has 0 rings (SSSR count). The molecular formula is C11H18O4. The highest BCUT2D eigenvalue weighted by molar-refractivity contribution is 6.02. The second-order valence-corrected chi connectivity index (χ2v) is 3.28. The largest absolute Gasteiger partial charge is 0.478 e. The Balaban J connectivity index is 4.45. The van der Waals surface area contributed by atoms with Crippen molar-refractivity contribution in [3.8, 4) is 0 Å². The van der Waals surface area contributed by atoms with Crippen molar-refractivity contribution in [3.05, 3.63) is 11.1 Å². The lowest BCUT2D eigenvalue weighted by Crippen LogP contribution is -2.10. The molecule has 4 heteroatoms. The van der Waals surface area contributed by atoms with Crippen LogP contribution in [0.1, 0.15) is 33.1 Å². The first kappa shape index (κ1) is 13.8. The van der Waals surface area contributed by atoms with Crippen molar-refractivity contribution in [2.75, 3.05) is 13.7 Å². The van der Waals surface area contributed by atoms with E-state index in [1.54, 1.807) is 21.0 Å². The van der Waals surface area contributed by atoms with Crippen molar-refractivity contribution >= 4 is 11.8 Å². The molecule has 1 N–H and O–H groups in total. The number of allylic oxidation sites excluding steroid dienone is 1. The molecule has 0 aromatic rings. The third-order valence-electron chi connectivity index (χ3n) is 2.23. The van der Waals surface area contributed by atoms with Crippen molar-refractivity contribution in [3.63, 3.8) is 0 Å². The molecule has 0 spiro atoms. The lowest BCUT2D eigenvalue weighted by Gasteiger charge is -2.05. The second-order valence-electron chi connectivity index (χ2n) is 3.28. The number of hydrogen-bond acceptors (Lipinski definition) is 3. The minimum absolute atomic E-state index is 0.105. The quantitative estimate of drug-likeness (QED) is 0.518. The molecule has 0 aromatic carbocycles. The average molecular weight is 214 g/mol. The molecule has 0 radical (unpaired) electrons. The molecule has 0 unspecified atom stereocenters. The summed E-state index contributed by atoms with van der Waals surface area (Å²) < 4.78 is 4.82. The minimum atomic E-state index is -1.00. The van der Waals surface area contributed by atoms with Crippen molar-refractivity contribution in [1.29, 1.82) is 0 Å². The number of hydrogen-bond donors (Lipinski definition) is 1. The standard InChI is InChI=1S/C11H18O4/c1-4-9(11(13)14)8(2)10(12)6-5-7-15-3/h4-7H2,1-3H3,(H,13,14). The number of carbonyl (C=O) groups is 2. The Labute approximate surface area is 89.9 Å². The van der Waals surface area contributed by atoms with Crippen LogP contribution in [-0.4, -0.2) is 30.6 Å². The number of carboxylic acids is 1. The molecule has 0 amide bonds. The van der Waals surface area contributed by atoms with Crippen molar-refractivity contribution < 1.29 is 19.4 Å². The van der Waals surface area contributed by atoms with E-state index in [1.807, 2.05) is 0 Å². The summed E-state index contributed by atoms with van der Waals surface area (Å²) >= 11 is 0. The Morgan fingerprint density at radius 2 is 1.93 bits per heavy atom. The van der Waals surface area contributed by atoms with Crippen LogP contribution in [0.2, 0.25) is 0 Å². The number of ether oxygens (including phenoxy) is 1. The van der Waals surface area contributed by atoms with Crippen molar-refractivity contribution in [2.24, 2.45) is 0 Å². The van der Waals surface area contributed by atoms with E-state index >= 15 is 0 Å². The van der Waals surface area contributed by atoms with Gasteiger partial charge in [0.1, 0.15) is 0 Å². The number of carbonyl (C=O) groups excluding carboxylic acids is 1. The molecule has 4 nitrogen and oxygen atoms in total. The number of ketones is 1. The second kappa shape index (κ2) is 7.17. The molecule has 0 atom stereocenters.